The van der Waals surface area contributed by atoms with Gasteiger partial charge in [0.05, 0.1) is 6.61 Å². The Hall–Kier alpha value is -1.84. The zero-order valence-corrected chi connectivity index (χ0v) is 19.4. The van der Waals surface area contributed by atoms with E-state index in [1.807, 2.05) is 39.0 Å². The molecule has 0 amide bonds. The highest BCUT2D eigenvalue weighted by atomic mass is 16.6. The van der Waals surface area contributed by atoms with Crippen molar-refractivity contribution in [3.8, 4) is 0 Å². The van der Waals surface area contributed by atoms with Crippen LogP contribution < -0.4 is 0 Å². The number of hydrogen-bond acceptors (Lipinski definition) is 4. The lowest BCUT2D eigenvalue weighted by atomic mass is 9.75. The van der Waals surface area contributed by atoms with Crippen molar-refractivity contribution in [3.63, 3.8) is 0 Å². The van der Waals surface area contributed by atoms with Crippen LogP contribution in [0.4, 0.5) is 0 Å². The maximum Gasteiger partial charge on any atom is 0.320 e. The van der Waals surface area contributed by atoms with Crippen molar-refractivity contribution in [2.24, 2.45) is 11.3 Å². The third-order valence-corrected chi connectivity index (χ3v) is 6.69. The smallest absolute Gasteiger partial charge is 0.320 e. The van der Waals surface area contributed by atoms with Crippen molar-refractivity contribution in [2.75, 3.05) is 6.61 Å². The Bertz CT molecular complexity index is 629. The number of carbonyl (C=O) groups excluding carboxylic acids is 2. The molecule has 0 heterocycles. The summed E-state index contributed by atoms with van der Waals surface area (Å²) < 4.78 is 11.2. The predicted molar refractivity (Wildman–Crippen MR) is 118 cm³/mol. The molecular weight excluding hydrogens is 364 g/mol. The van der Waals surface area contributed by atoms with Crippen LogP contribution in [0.3, 0.4) is 0 Å². The molecule has 29 heavy (non-hydrogen) atoms. The summed E-state index contributed by atoms with van der Waals surface area (Å²) in [6.07, 6.45) is 4.48. The maximum absolute atomic E-state index is 12.6. The average molecular weight is 405 g/mol. The van der Waals surface area contributed by atoms with Gasteiger partial charge in [0.25, 0.3) is 0 Å². The monoisotopic (exact) mass is 404 g/mol. The Balaban J connectivity index is 2.82. The first-order valence-corrected chi connectivity index (χ1v) is 11.1. The number of benzene rings is 1. The second-order valence-electron chi connectivity index (χ2n) is 8.76. The first-order valence-electron chi connectivity index (χ1n) is 11.1. The molecule has 0 fully saturated rings. The summed E-state index contributed by atoms with van der Waals surface area (Å²) >= 11 is 0. The summed E-state index contributed by atoms with van der Waals surface area (Å²) in [6.45, 7) is 14.4. The standard InChI is InChI=1S/C25H40O4/c1-8-24(6,9-2)17-21(20-15-13-12-14-16-20)18-28-22(26)19(5)23(27)29-25(7,10-3)11-4/h12-16,19,21H,8-11,17-18H2,1-7H3. The average Bonchev–Trinajstić information content (AvgIpc) is 2.75. The van der Waals surface area contributed by atoms with Crippen LogP contribution >= 0.6 is 0 Å². The second kappa shape index (κ2) is 11.4. The van der Waals surface area contributed by atoms with Crippen LogP contribution in [0.5, 0.6) is 0 Å². The summed E-state index contributed by atoms with van der Waals surface area (Å²) in [4.78, 5) is 25.0. The van der Waals surface area contributed by atoms with Crippen LogP contribution in [-0.2, 0) is 19.1 Å². The van der Waals surface area contributed by atoms with Gasteiger partial charge < -0.3 is 9.47 Å². The molecule has 0 aliphatic carbocycles. The molecule has 0 N–H and O–H groups in total. The molecule has 0 aliphatic heterocycles. The minimum atomic E-state index is -0.924. The third-order valence-electron chi connectivity index (χ3n) is 6.69. The van der Waals surface area contributed by atoms with E-state index in [4.69, 9.17) is 9.47 Å². The van der Waals surface area contributed by atoms with Gasteiger partial charge in [0.15, 0.2) is 5.92 Å². The normalized spacial score (nSPS) is 14.2. The number of rotatable bonds is 12. The lowest BCUT2D eigenvalue weighted by molar-refractivity contribution is -0.171. The largest absolute Gasteiger partial charge is 0.464 e. The van der Waals surface area contributed by atoms with Gasteiger partial charge in [-0.25, -0.2) is 0 Å². The molecule has 2 unspecified atom stereocenters. The van der Waals surface area contributed by atoms with E-state index in [0.29, 0.717) is 12.8 Å². The highest BCUT2D eigenvalue weighted by molar-refractivity contribution is 5.94. The quantitative estimate of drug-likeness (QED) is 0.303. The highest BCUT2D eigenvalue weighted by Crippen LogP contribution is 2.37. The molecule has 1 rings (SSSR count). The summed E-state index contributed by atoms with van der Waals surface area (Å²) in [5.41, 5.74) is 0.803. The molecule has 4 nitrogen and oxygen atoms in total. The van der Waals surface area contributed by atoms with E-state index in [-0.39, 0.29) is 17.9 Å². The lowest BCUT2D eigenvalue weighted by Crippen LogP contribution is -2.35. The Morgan fingerprint density at radius 3 is 1.93 bits per heavy atom. The van der Waals surface area contributed by atoms with Crippen molar-refractivity contribution < 1.29 is 19.1 Å². The third kappa shape index (κ3) is 7.49. The van der Waals surface area contributed by atoms with Crippen molar-refractivity contribution in [3.05, 3.63) is 35.9 Å². The fourth-order valence-corrected chi connectivity index (χ4v) is 3.26. The molecule has 1 aromatic carbocycles. The Morgan fingerprint density at radius 2 is 1.45 bits per heavy atom. The molecule has 164 valence electrons. The van der Waals surface area contributed by atoms with E-state index < -0.39 is 23.5 Å². The minimum absolute atomic E-state index is 0.102. The van der Waals surface area contributed by atoms with Crippen molar-refractivity contribution in [1.29, 1.82) is 0 Å². The van der Waals surface area contributed by atoms with Gasteiger partial charge in [0, 0.05) is 5.92 Å². The molecule has 0 bridgehead atoms. The zero-order valence-electron chi connectivity index (χ0n) is 19.4. The summed E-state index contributed by atoms with van der Waals surface area (Å²) in [5.74, 6) is -1.85. The van der Waals surface area contributed by atoms with E-state index in [2.05, 4.69) is 32.9 Å². The minimum Gasteiger partial charge on any atom is -0.464 e. The van der Waals surface area contributed by atoms with Gasteiger partial charge in [-0.05, 0) is 44.1 Å². The van der Waals surface area contributed by atoms with Gasteiger partial charge >= 0.3 is 11.9 Å². The van der Waals surface area contributed by atoms with Crippen LogP contribution in [0.15, 0.2) is 30.3 Å². The topological polar surface area (TPSA) is 52.6 Å². The summed E-state index contributed by atoms with van der Waals surface area (Å²) in [5, 5.41) is 0. The fourth-order valence-electron chi connectivity index (χ4n) is 3.26. The molecule has 1 aromatic rings. The van der Waals surface area contributed by atoms with E-state index in [0.717, 1.165) is 24.8 Å². The lowest BCUT2D eigenvalue weighted by Gasteiger charge is -2.32. The molecule has 0 aromatic heterocycles. The molecule has 0 spiro atoms. The van der Waals surface area contributed by atoms with Crippen LogP contribution in [-0.4, -0.2) is 24.1 Å². The van der Waals surface area contributed by atoms with Crippen molar-refractivity contribution in [2.45, 2.75) is 92.1 Å². The van der Waals surface area contributed by atoms with Crippen LogP contribution in [0.25, 0.3) is 0 Å². The second-order valence-corrected chi connectivity index (χ2v) is 8.76. The summed E-state index contributed by atoms with van der Waals surface area (Å²) in [7, 11) is 0. The molecule has 4 heteroatoms. The molecule has 0 saturated heterocycles. The van der Waals surface area contributed by atoms with Gasteiger partial charge in [-0.2, -0.15) is 0 Å². The van der Waals surface area contributed by atoms with Gasteiger partial charge in [-0.1, -0.05) is 77.8 Å². The molecule has 2 atom stereocenters. The van der Waals surface area contributed by atoms with E-state index in [1.54, 1.807) is 6.92 Å². The molecule has 0 aliphatic rings. The van der Waals surface area contributed by atoms with Crippen molar-refractivity contribution in [1.82, 2.24) is 0 Å². The maximum atomic E-state index is 12.6. The Morgan fingerprint density at radius 1 is 0.897 bits per heavy atom. The summed E-state index contributed by atoms with van der Waals surface area (Å²) in [6, 6.07) is 10.2. The van der Waals surface area contributed by atoms with Crippen LogP contribution in [0.1, 0.15) is 92.1 Å². The van der Waals surface area contributed by atoms with Crippen LogP contribution in [0, 0.1) is 11.3 Å². The zero-order chi connectivity index (χ0) is 22.1. The van der Waals surface area contributed by atoms with Gasteiger partial charge in [-0.3, -0.25) is 9.59 Å². The highest BCUT2D eigenvalue weighted by Gasteiger charge is 2.33. The fraction of sp³-hybridized carbons (Fsp3) is 0.680. The van der Waals surface area contributed by atoms with Gasteiger partial charge in [-0.15, -0.1) is 0 Å². The van der Waals surface area contributed by atoms with Gasteiger partial charge in [0.1, 0.15) is 5.60 Å². The molecule has 0 radical (unpaired) electrons. The van der Waals surface area contributed by atoms with Gasteiger partial charge in [0.2, 0.25) is 0 Å². The number of ether oxygens (including phenoxy) is 2. The van der Waals surface area contributed by atoms with Crippen LogP contribution in [0.2, 0.25) is 0 Å². The Kier molecular flexibility index (Phi) is 9.88. The first-order chi connectivity index (χ1) is 13.6. The number of esters is 2. The Labute approximate surface area is 177 Å². The van der Waals surface area contributed by atoms with E-state index in [9.17, 15) is 9.59 Å². The molecule has 0 saturated carbocycles. The first kappa shape index (κ1) is 25.2. The van der Waals surface area contributed by atoms with E-state index >= 15 is 0 Å². The number of carbonyl (C=O) groups is 2. The number of hydrogen-bond donors (Lipinski definition) is 0. The van der Waals surface area contributed by atoms with Crippen molar-refractivity contribution >= 4 is 11.9 Å². The van der Waals surface area contributed by atoms with E-state index in [1.165, 1.54) is 0 Å². The predicted octanol–water partition coefficient (Wildman–Crippen LogP) is 6.29. The SMILES string of the molecule is CCC(C)(CC)CC(COC(=O)C(C)C(=O)OC(C)(CC)CC)c1ccccc1. The molecular formula is C25H40O4.